The number of fused-ring (bicyclic) bond motifs is 3. The van der Waals surface area contributed by atoms with Crippen LogP contribution in [0.2, 0.25) is 0 Å². The van der Waals surface area contributed by atoms with Crippen molar-refractivity contribution in [1.29, 1.82) is 0 Å². The molecule has 1 amide bonds. The summed E-state index contributed by atoms with van der Waals surface area (Å²) in [5, 5.41) is 5.55. The van der Waals surface area contributed by atoms with E-state index in [1.807, 2.05) is 0 Å². The molecule has 12 heteroatoms. The second-order valence-electron chi connectivity index (χ2n) is 8.20. The van der Waals surface area contributed by atoms with Gasteiger partial charge in [0.15, 0.2) is 0 Å². The fourth-order valence-corrected chi connectivity index (χ4v) is 4.27. The van der Waals surface area contributed by atoms with Crippen LogP contribution in [-0.4, -0.2) is 54.8 Å². The van der Waals surface area contributed by atoms with Crippen LogP contribution in [0.4, 0.5) is 19.0 Å². The molecule has 4 aromatic heterocycles. The summed E-state index contributed by atoms with van der Waals surface area (Å²) in [6, 6.07) is 2.84. The lowest BCUT2D eigenvalue weighted by Gasteiger charge is -2.40. The Morgan fingerprint density at radius 1 is 1.15 bits per heavy atom. The van der Waals surface area contributed by atoms with Crippen LogP contribution < -0.4 is 5.73 Å². The average Bonchev–Trinajstić information content (AvgIpc) is 3.20. The number of nitrogens with zero attached hydrogens (tertiary/aromatic N) is 6. The smallest absolute Gasteiger partial charge is 0.383 e. The topological polar surface area (TPSA) is 112 Å². The maximum Gasteiger partial charge on any atom is 0.417 e. The third-order valence-electron chi connectivity index (χ3n) is 5.95. The molecule has 1 fully saturated rings. The quantitative estimate of drug-likeness (QED) is 0.478. The SMILES string of the molecule is C[C@@H]1COC[C@H](c2ccc(C(F)(F)F)cn2)N1C(=O)c1cc2c(cn1)nc(N)c1cnn(C)c12. The fourth-order valence-electron chi connectivity index (χ4n) is 4.27. The third-order valence-corrected chi connectivity index (χ3v) is 5.95. The van der Waals surface area contributed by atoms with Gasteiger partial charge in [0.2, 0.25) is 0 Å². The number of nitrogens with two attached hydrogens (primary N) is 1. The molecular formula is C22H20F3N7O2. The molecule has 176 valence electrons. The van der Waals surface area contributed by atoms with Crippen molar-refractivity contribution >= 4 is 33.5 Å². The van der Waals surface area contributed by atoms with Crippen LogP contribution in [0.25, 0.3) is 21.8 Å². The van der Waals surface area contributed by atoms with E-state index in [1.165, 1.54) is 12.3 Å². The molecule has 9 nitrogen and oxygen atoms in total. The monoisotopic (exact) mass is 471 g/mol. The summed E-state index contributed by atoms with van der Waals surface area (Å²) in [5.41, 5.74) is 6.87. The number of hydrogen-bond acceptors (Lipinski definition) is 7. The van der Waals surface area contributed by atoms with Crippen molar-refractivity contribution in [2.24, 2.45) is 7.05 Å². The van der Waals surface area contributed by atoms with E-state index >= 15 is 0 Å². The molecule has 0 unspecified atom stereocenters. The number of aryl methyl sites for hydroxylation is 1. The number of halogens is 3. The Hall–Kier alpha value is -3.80. The van der Waals surface area contributed by atoms with Crippen LogP contribution in [-0.2, 0) is 18.0 Å². The van der Waals surface area contributed by atoms with Gasteiger partial charge in [0.05, 0.1) is 65.4 Å². The van der Waals surface area contributed by atoms with E-state index in [2.05, 4.69) is 20.1 Å². The second-order valence-corrected chi connectivity index (χ2v) is 8.20. The average molecular weight is 471 g/mol. The Bertz CT molecular complexity index is 1400. The van der Waals surface area contributed by atoms with E-state index in [4.69, 9.17) is 10.5 Å². The molecule has 4 aromatic rings. The number of pyridine rings is 3. The minimum Gasteiger partial charge on any atom is -0.383 e. The first kappa shape index (κ1) is 22.0. The lowest BCUT2D eigenvalue weighted by atomic mass is 10.0. The number of anilines is 1. The normalized spacial score (nSPS) is 19.1. The van der Waals surface area contributed by atoms with Gasteiger partial charge in [0, 0.05) is 18.6 Å². The van der Waals surface area contributed by atoms with E-state index < -0.39 is 23.7 Å². The number of aromatic nitrogens is 5. The van der Waals surface area contributed by atoms with Gasteiger partial charge in [-0.15, -0.1) is 0 Å². The van der Waals surface area contributed by atoms with Gasteiger partial charge >= 0.3 is 6.18 Å². The highest BCUT2D eigenvalue weighted by Gasteiger charge is 2.37. The van der Waals surface area contributed by atoms with Gasteiger partial charge in [0.1, 0.15) is 11.5 Å². The molecule has 0 bridgehead atoms. The molecular weight excluding hydrogens is 451 g/mol. The Balaban J connectivity index is 1.55. The summed E-state index contributed by atoms with van der Waals surface area (Å²) in [5.74, 6) is -0.0803. The van der Waals surface area contributed by atoms with Crippen LogP contribution in [0.15, 0.2) is 36.8 Å². The summed E-state index contributed by atoms with van der Waals surface area (Å²) in [7, 11) is 1.76. The van der Waals surface area contributed by atoms with Crippen molar-refractivity contribution < 1.29 is 22.7 Å². The van der Waals surface area contributed by atoms with Crippen LogP contribution in [0, 0.1) is 0 Å². The van der Waals surface area contributed by atoms with Crippen LogP contribution >= 0.6 is 0 Å². The number of carbonyl (C=O) groups is 1. The van der Waals surface area contributed by atoms with Gasteiger partial charge in [-0.3, -0.25) is 14.5 Å². The van der Waals surface area contributed by atoms with Gasteiger partial charge in [-0.05, 0) is 25.1 Å². The summed E-state index contributed by atoms with van der Waals surface area (Å²) >= 11 is 0. The zero-order valence-electron chi connectivity index (χ0n) is 18.2. The summed E-state index contributed by atoms with van der Waals surface area (Å²) in [6.07, 6.45) is -0.654. The Morgan fingerprint density at radius 3 is 2.65 bits per heavy atom. The summed E-state index contributed by atoms with van der Waals surface area (Å²) in [6.45, 7) is 2.18. The van der Waals surface area contributed by atoms with Gasteiger partial charge < -0.3 is 15.4 Å². The summed E-state index contributed by atoms with van der Waals surface area (Å²) in [4.78, 5) is 27.8. The zero-order chi connectivity index (χ0) is 24.2. The molecule has 0 radical (unpaired) electrons. The van der Waals surface area contributed by atoms with E-state index in [9.17, 15) is 18.0 Å². The van der Waals surface area contributed by atoms with Gasteiger partial charge in [0.25, 0.3) is 5.91 Å². The minimum absolute atomic E-state index is 0.103. The predicted molar refractivity (Wildman–Crippen MR) is 117 cm³/mol. The molecule has 1 aliphatic heterocycles. The molecule has 2 N–H and O–H groups in total. The van der Waals surface area contributed by atoms with Crippen molar-refractivity contribution in [1.82, 2.24) is 29.6 Å². The van der Waals surface area contributed by atoms with Gasteiger partial charge in [-0.25, -0.2) is 9.97 Å². The number of rotatable bonds is 2. The Morgan fingerprint density at radius 2 is 1.94 bits per heavy atom. The Kier molecular flexibility index (Phi) is 5.12. The molecule has 0 aromatic carbocycles. The lowest BCUT2D eigenvalue weighted by molar-refractivity contribution is -0.137. The number of alkyl halides is 3. The highest BCUT2D eigenvalue weighted by atomic mass is 19.4. The predicted octanol–water partition coefficient (Wildman–Crippen LogP) is 3.11. The molecule has 5 heterocycles. The maximum absolute atomic E-state index is 13.6. The number of ether oxygens (including phenoxy) is 1. The van der Waals surface area contributed by atoms with Crippen molar-refractivity contribution in [2.45, 2.75) is 25.2 Å². The number of hydrogen-bond donors (Lipinski definition) is 1. The molecule has 1 saturated heterocycles. The molecule has 0 spiro atoms. The van der Waals surface area contributed by atoms with Crippen LogP contribution in [0.1, 0.15) is 34.7 Å². The minimum atomic E-state index is -4.50. The highest BCUT2D eigenvalue weighted by molar-refractivity contribution is 6.09. The number of nitrogen functional groups attached to an aromatic ring is 1. The molecule has 1 aliphatic rings. The van der Waals surface area contributed by atoms with Crippen molar-refractivity contribution in [3.63, 3.8) is 0 Å². The fraction of sp³-hybridized carbons (Fsp3) is 0.318. The number of amides is 1. The Labute approximate surface area is 191 Å². The molecule has 34 heavy (non-hydrogen) atoms. The van der Waals surface area contributed by atoms with Crippen LogP contribution in [0.3, 0.4) is 0 Å². The van der Waals surface area contributed by atoms with E-state index in [0.717, 1.165) is 17.8 Å². The van der Waals surface area contributed by atoms with Gasteiger partial charge in [-0.1, -0.05) is 0 Å². The van der Waals surface area contributed by atoms with Crippen molar-refractivity contribution in [2.75, 3.05) is 18.9 Å². The van der Waals surface area contributed by atoms with Crippen molar-refractivity contribution in [3.05, 3.63) is 53.7 Å². The second kappa shape index (κ2) is 7.90. The third kappa shape index (κ3) is 3.59. The van der Waals surface area contributed by atoms with Gasteiger partial charge in [-0.2, -0.15) is 18.3 Å². The number of carbonyl (C=O) groups excluding carboxylic acids is 1. The van der Waals surface area contributed by atoms with E-state index in [1.54, 1.807) is 35.8 Å². The first-order chi connectivity index (χ1) is 16.1. The standard InChI is InChI=1S/C22H20F3N7O2/c1-11-9-34-10-18(15-4-3-12(6-27-15)22(23,24)25)32(11)21(33)16-5-13-17(8-28-16)30-20(26)14-7-29-31(2)19(13)14/h3-8,11,18H,9-10H2,1-2H3,(H2,26,30)/t11-,18-/m1/s1. The van der Waals surface area contributed by atoms with E-state index in [-0.39, 0.29) is 24.9 Å². The molecule has 0 aliphatic carbocycles. The lowest BCUT2D eigenvalue weighted by Crippen LogP contribution is -2.49. The largest absolute Gasteiger partial charge is 0.417 e. The first-order valence-corrected chi connectivity index (χ1v) is 10.5. The zero-order valence-corrected chi connectivity index (χ0v) is 18.2. The maximum atomic E-state index is 13.6. The first-order valence-electron chi connectivity index (χ1n) is 10.5. The van der Waals surface area contributed by atoms with Crippen molar-refractivity contribution in [3.8, 4) is 0 Å². The highest BCUT2D eigenvalue weighted by Crippen LogP contribution is 2.33. The summed E-state index contributed by atoms with van der Waals surface area (Å²) < 4.78 is 46.1. The number of morpholine rings is 1. The molecule has 0 saturated carbocycles. The molecule has 2 atom stereocenters. The van der Waals surface area contributed by atoms with E-state index in [0.29, 0.717) is 27.8 Å². The molecule has 5 rings (SSSR count). The van der Waals surface area contributed by atoms with Crippen LogP contribution in [0.5, 0.6) is 0 Å².